The summed E-state index contributed by atoms with van der Waals surface area (Å²) in [7, 11) is 0. The molecule has 0 saturated carbocycles. The maximum atomic E-state index is 12.2. The third-order valence-electron chi connectivity index (χ3n) is 3.21. The first-order valence-corrected chi connectivity index (χ1v) is 9.60. The fourth-order valence-corrected chi connectivity index (χ4v) is 3.52. The summed E-state index contributed by atoms with van der Waals surface area (Å²) in [6, 6.07) is 9.82. The van der Waals surface area contributed by atoms with E-state index in [9.17, 15) is 9.59 Å². The molecule has 2 aromatic rings. The van der Waals surface area contributed by atoms with E-state index in [1.807, 2.05) is 20.8 Å². The third kappa shape index (κ3) is 6.72. The van der Waals surface area contributed by atoms with Gasteiger partial charge < -0.3 is 15.4 Å². The molecule has 27 heavy (non-hydrogen) atoms. The summed E-state index contributed by atoms with van der Waals surface area (Å²) in [6.07, 6.45) is 0. The Morgan fingerprint density at radius 1 is 1.15 bits per heavy atom. The van der Waals surface area contributed by atoms with Crippen LogP contribution in [0.3, 0.4) is 0 Å². The molecule has 2 N–H and O–H groups in total. The molecule has 0 radical (unpaired) electrons. The molecule has 2 amide bonds. The van der Waals surface area contributed by atoms with E-state index in [0.717, 1.165) is 0 Å². The van der Waals surface area contributed by atoms with Crippen molar-refractivity contribution in [2.75, 3.05) is 11.9 Å². The number of anilines is 1. The van der Waals surface area contributed by atoms with Gasteiger partial charge in [0, 0.05) is 21.8 Å². The second kappa shape index (κ2) is 8.95. The first kappa shape index (κ1) is 21.5. The van der Waals surface area contributed by atoms with Gasteiger partial charge in [-0.3, -0.25) is 9.59 Å². The van der Waals surface area contributed by atoms with Crippen LogP contribution in [0.15, 0.2) is 40.9 Å². The number of amides is 2. The Morgan fingerprint density at radius 2 is 1.85 bits per heavy atom. The van der Waals surface area contributed by atoms with Crippen LogP contribution < -0.4 is 15.4 Å². The third-order valence-corrected chi connectivity index (χ3v) is 4.30. The first-order valence-electron chi connectivity index (χ1n) is 8.05. The predicted molar refractivity (Wildman–Crippen MR) is 112 cm³/mol. The highest BCUT2D eigenvalue weighted by molar-refractivity contribution is 9.10. The molecule has 0 spiro atoms. The molecule has 2 rings (SSSR count). The molecular weight excluding hydrogens is 455 g/mol. The van der Waals surface area contributed by atoms with E-state index in [1.165, 1.54) is 6.07 Å². The standard InChI is InChI=1S/C19H19BrCl2N2O3/c1-19(2,3)24-18(26)11-5-4-6-13(7-11)23-16(25)10-27-17-14(20)8-12(21)9-15(17)22/h4-9H,10H2,1-3H3,(H,23,25)(H,24,26). The van der Waals surface area contributed by atoms with Crippen LogP contribution in [0, 0.1) is 0 Å². The van der Waals surface area contributed by atoms with E-state index in [-0.39, 0.29) is 24.0 Å². The molecule has 0 aliphatic carbocycles. The van der Waals surface area contributed by atoms with Gasteiger partial charge in [0.1, 0.15) is 0 Å². The quantitative estimate of drug-likeness (QED) is 0.618. The zero-order valence-corrected chi connectivity index (χ0v) is 18.1. The van der Waals surface area contributed by atoms with E-state index in [4.69, 9.17) is 27.9 Å². The maximum absolute atomic E-state index is 12.2. The lowest BCUT2D eigenvalue weighted by Crippen LogP contribution is -2.40. The normalized spacial score (nSPS) is 11.0. The Bertz CT molecular complexity index is 843. The topological polar surface area (TPSA) is 67.4 Å². The van der Waals surface area contributed by atoms with Crippen LogP contribution in [0.2, 0.25) is 10.0 Å². The van der Waals surface area contributed by atoms with Crippen LogP contribution in [0.5, 0.6) is 5.75 Å². The van der Waals surface area contributed by atoms with Gasteiger partial charge in [0.15, 0.2) is 12.4 Å². The van der Waals surface area contributed by atoms with Gasteiger partial charge in [-0.25, -0.2) is 0 Å². The number of hydrogen-bond donors (Lipinski definition) is 2. The van der Waals surface area contributed by atoms with Crippen LogP contribution in [0.4, 0.5) is 5.69 Å². The van der Waals surface area contributed by atoms with E-state index in [0.29, 0.717) is 31.5 Å². The van der Waals surface area contributed by atoms with Crippen molar-refractivity contribution in [1.29, 1.82) is 0 Å². The zero-order chi connectivity index (χ0) is 20.2. The first-order chi connectivity index (χ1) is 12.5. The minimum absolute atomic E-state index is 0.216. The average molecular weight is 474 g/mol. The largest absolute Gasteiger partial charge is 0.481 e. The Kier molecular flexibility index (Phi) is 7.14. The summed E-state index contributed by atoms with van der Waals surface area (Å²) in [5.74, 6) is -0.275. The molecule has 8 heteroatoms. The van der Waals surface area contributed by atoms with Crippen molar-refractivity contribution in [1.82, 2.24) is 5.32 Å². The average Bonchev–Trinajstić information content (AvgIpc) is 2.52. The van der Waals surface area contributed by atoms with Gasteiger partial charge >= 0.3 is 0 Å². The maximum Gasteiger partial charge on any atom is 0.262 e. The summed E-state index contributed by atoms with van der Waals surface area (Å²) >= 11 is 15.3. The van der Waals surface area contributed by atoms with E-state index >= 15 is 0 Å². The summed E-state index contributed by atoms with van der Waals surface area (Å²) in [5, 5.41) is 6.31. The molecule has 0 aliphatic rings. The van der Waals surface area contributed by atoms with Gasteiger partial charge in [-0.15, -0.1) is 0 Å². The summed E-state index contributed by atoms with van der Waals surface area (Å²) in [6.45, 7) is 5.44. The highest BCUT2D eigenvalue weighted by atomic mass is 79.9. The van der Waals surface area contributed by atoms with Gasteiger partial charge in [0.05, 0.1) is 9.50 Å². The van der Waals surface area contributed by atoms with E-state index < -0.39 is 0 Å². The Morgan fingerprint density at radius 3 is 2.48 bits per heavy atom. The number of ether oxygens (including phenoxy) is 1. The van der Waals surface area contributed by atoms with Crippen molar-refractivity contribution >= 4 is 56.6 Å². The van der Waals surface area contributed by atoms with Crippen molar-refractivity contribution in [2.24, 2.45) is 0 Å². The van der Waals surface area contributed by atoms with Crippen LogP contribution in [-0.4, -0.2) is 24.0 Å². The molecule has 0 unspecified atom stereocenters. The van der Waals surface area contributed by atoms with Crippen molar-refractivity contribution in [2.45, 2.75) is 26.3 Å². The molecule has 2 aromatic carbocycles. The number of carbonyl (C=O) groups is 2. The van der Waals surface area contributed by atoms with Crippen LogP contribution in [-0.2, 0) is 4.79 Å². The van der Waals surface area contributed by atoms with Crippen LogP contribution in [0.1, 0.15) is 31.1 Å². The molecule has 0 fully saturated rings. The van der Waals surface area contributed by atoms with E-state index in [1.54, 1.807) is 30.3 Å². The number of halogens is 3. The fourth-order valence-electron chi connectivity index (χ4n) is 2.15. The molecule has 0 atom stereocenters. The summed E-state index contributed by atoms with van der Waals surface area (Å²) < 4.78 is 6.02. The number of benzene rings is 2. The van der Waals surface area contributed by atoms with Crippen molar-refractivity contribution in [3.8, 4) is 5.75 Å². The molecule has 0 bridgehead atoms. The Balaban J connectivity index is 2.00. The monoisotopic (exact) mass is 472 g/mol. The number of carbonyl (C=O) groups excluding carboxylic acids is 2. The minimum atomic E-state index is -0.388. The van der Waals surface area contributed by atoms with E-state index in [2.05, 4.69) is 26.6 Å². The summed E-state index contributed by atoms with van der Waals surface area (Å²) in [5.41, 5.74) is 0.591. The molecule has 144 valence electrons. The second-order valence-electron chi connectivity index (χ2n) is 6.82. The van der Waals surface area contributed by atoms with Crippen LogP contribution in [0.25, 0.3) is 0 Å². The summed E-state index contributed by atoms with van der Waals surface area (Å²) in [4.78, 5) is 24.4. The second-order valence-corrected chi connectivity index (χ2v) is 8.52. The molecule has 0 aliphatic heterocycles. The fraction of sp³-hybridized carbons (Fsp3) is 0.263. The zero-order valence-electron chi connectivity index (χ0n) is 15.0. The molecule has 5 nitrogen and oxygen atoms in total. The predicted octanol–water partition coefficient (Wildman–Crippen LogP) is 5.30. The molecule has 0 aromatic heterocycles. The molecular formula is C19H19BrCl2N2O3. The van der Waals surface area contributed by atoms with Crippen molar-refractivity contribution < 1.29 is 14.3 Å². The smallest absolute Gasteiger partial charge is 0.262 e. The highest BCUT2D eigenvalue weighted by Gasteiger charge is 2.16. The SMILES string of the molecule is CC(C)(C)NC(=O)c1cccc(NC(=O)COc2c(Cl)cc(Cl)cc2Br)c1. The van der Waals surface area contributed by atoms with Crippen molar-refractivity contribution in [3.63, 3.8) is 0 Å². The van der Waals surface area contributed by atoms with Gasteiger partial charge in [0.25, 0.3) is 11.8 Å². The Hall–Kier alpha value is -1.76. The number of hydrogen-bond acceptors (Lipinski definition) is 3. The van der Waals surface area contributed by atoms with Crippen molar-refractivity contribution in [3.05, 3.63) is 56.5 Å². The van der Waals surface area contributed by atoms with Crippen LogP contribution >= 0.6 is 39.1 Å². The van der Waals surface area contributed by atoms with Gasteiger partial charge in [-0.2, -0.15) is 0 Å². The Labute approximate surface area is 176 Å². The molecule has 0 heterocycles. The lowest BCUT2D eigenvalue weighted by Gasteiger charge is -2.20. The van der Waals surface area contributed by atoms with Gasteiger partial charge in [-0.05, 0) is 67.0 Å². The number of rotatable bonds is 5. The van der Waals surface area contributed by atoms with Gasteiger partial charge in [0.2, 0.25) is 0 Å². The minimum Gasteiger partial charge on any atom is -0.481 e. The highest BCUT2D eigenvalue weighted by Crippen LogP contribution is 2.36. The lowest BCUT2D eigenvalue weighted by atomic mass is 10.1. The van der Waals surface area contributed by atoms with Gasteiger partial charge in [-0.1, -0.05) is 29.3 Å². The molecule has 0 saturated heterocycles. The lowest BCUT2D eigenvalue weighted by molar-refractivity contribution is -0.118. The number of nitrogens with one attached hydrogen (secondary N) is 2.